The molecule has 0 radical (unpaired) electrons. The fourth-order valence-electron chi connectivity index (χ4n) is 3.80. The van der Waals surface area contributed by atoms with E-state index in [9.17, 15) is 0 Å². The highest BCUT2D eigenvalue weighted by Gasteiger charge is 2.39. The predicted molar refractivity (Wildman–Crippen MR) is 105 cm³/mol. The summed E-state index contributed by atoms with van der Waals surface area (Å²) in [5, 5.41) is 0. The Kier molecular flexibility index (Phi) is 5.21. The van der Waals surface area contributed by atoms with E-state index in [1.54, 1.807) is 11.1 Å². The molecule has 3 rings (SSSR count). The van der Waals surface area contributed by atoms with Crippen molar-refractivity contribution >= 4 is 22.6 Å². The Bertz CT molecular complexity index is 509. The molecular weight excluding hydrogens is 379 g/mol. The topological polar surface area (TPSA) is 0 Å². The van der Waals surface area contributed by atoms with E-state index < -0.39 is 0 Å². The van der Waals surface area contributed by atoms with E-state index in [1.165, 1.54) is 76.2 Å². The largest absolute Gasteiger partial charge is 0.0789 e. The quantitative estimate of drug-likeness (QED) is 0.310. The lowest BCUT2D eigenvalue weighted by Crippen LogP contribution is -2.00. The molecule has 0 unspecified atom stereocenters. The maximum absolute atomic E-state index is 2.67. The molecule has 0 heterocycles. The van der Waals surface area contributed by atoms with Crippen molar-refractivity contribution in [2.24, 2.45) is 5.41 Å². The molecule has 2 saturated carbocycles. The first kappa shape index (κ1) is 16.8. The molecule has 1 aromatic carbocycles. The average Bonchev–Trinajstić information content (AvgIpc) is 3.41. The van der Waals surface area contributed by atoms with E-state index in [0.717, 1.165) is 5.41 Å². The molecule has 1 aromatic rings. The second kappa shape index (κ2) is 6.83. The molecule has 0 nitrogen and oxygen atoms in total. The molecule has 0 saturated heterocycles. The number of halogens is 1. The lowest BCUT2D eigenvalue weighted by atomic mass is 9.93. The summed E-state index contributed by atoms with van der Waals surface area (Å²) in [6, 6.07) is 7.26. The first-order valence-electron chi connectivity index (χ1n) is 9.32. The minimum atomic E-state index is 0.684. The maximum Gasteiger partial charge on any atom is 0.0223 e. The van der Waals surface area contributed by atoms with E-state index >= 15 is 0 Å². The van der Waals surface area contributed by atoms with Gasteiger partial charge in [0.1, 0.15) is 0 Å². The van der Waals surface area contributed by atoms with Crippen LogP contribution in [0.5, 0.6) is 0 Å². The van der Waals surface area contributed by atoms with Crippen molar-refractivity contribution in [3.63, 3.8) is 0 Å². The first-order valence-corrected chi connectivity index (χ1v) is 10.4. The van der Waals surface area contributed by atoms with Gasteiger partial charge in [-0.25, -0.2) is 0 Å². The van der Waals surface area contributed by atoms with Crippen molar-refractivity contribution in [3.05, 3.63) is 34.9 Å². The van der Waals surface area contributed by atoms with Crippen LogP contribution in [0.2, 0.25) is 0 Å². The molecule has 0 aliphatic heterocycles. The summed E-state index contributed by atoms with van der Waals surface area (Å²) < 4.78 is 0.684. The van der Waals surface area contributed by atoms with Gasteiger partial charge in [0.05, 0.1) is 0 Å². The van der Waals surface area contributed by atoms with Crippen LogP contribution in [0.4, 0.5) is 0 Å². The minimum absolute atomic E-state index is 0.684. The average molecular weight is 410 g/mol. The Morgan fingerprint density at radius 2 is 1.73 bits per heavy atom. The SMILES string of the molecule is CCC1(CCCc2ccc(CCCC3(I)CC3)c(C)c2)CC1. The smallest absolute Gasteiger partial charge is 0.0223 e. The highest BCUT2D eigenvalue weighted by Crippen LogP contribution is 2.52. The van der Waals surface area contributed by atoms with E-state index in [-0.39, 0.29) is 0 Å². The number of alkyl halides is 1. The Labute approximate surface area is 150 Å². The molecular formula is C21H31I. The van der Waals surface area contributed by atoms with E-state index in [2.05, 4.69) is 54.6 Å². The van der Waals surface area contributed by atoms with E-state index in [1.807, 2.05) is 0 Å². The molecule has 0 N–H and O–H groups in total. The molecule has 1 heteroatoms. The zero-order valence-electron chi connectivity index (χ0n) is 14.4. The van der Waals surface area contributed by atoms with Crippen LogP contribution in [0.15, 0.2) is 18.2 Å². The third kappa shape index (κ3) is 4.49. The predicted octanol–water partition coefficient (Wildman–Crippen LogP) is 6.80. The van der Waals surface area contributed by atoms with Gasteiger partial charge in [-0.1, -0.05) is 54.1 Å². The van der Waals surface area contributed by atoms with Crippen molar-refractivity contribution in [2.75, 3.05) is 0 Å². The summed E-state index contributed by atoms with van der Waals surface area (Å²) in [7, 11) is 0. The zero-order chi connectivity index (χ0) is 15.6. The second-order valence-corrected chi connectivity index (χ2v) is 10.3. The third-order valence-corrected chi connectivity index (χ3v) is 7.77. The monoisotopic (exact) mass is 410 g/mol. The number of hydrogen-bond donors (Lipinski definition) is 0. The van der Waals surface area contributed by atoms with Crippen molar-refractivity contribution in [1.82, 2.24) is 0 Å². The summed E-state index contributed by atoms with van der Waals surface area (Å²) in [6.07, 6.45) is 15.4. The Morgan fingerprint density at radius 1 is 1.00 bits per heavy atom. The fraction of sp³-hybridized carbons (Fsp3) is 0.714. The van der Waals surface area contributed by atoms with Crippen LogP contribution in [-0.2, 0) is 12.8 Å². The minimum Gasteiger partial charge on any atom is -0.0789 e. The maximum atomic E-state index is 2.67. The van der Waals surface area contributed by atoms with Crippen LogP contribution in [0.3, 0.4) is 0 Å². The summed E-state index contributed by atoms with van der Waals surface area (Å²) in [6.45, 7) is 4.68. The molecule has 2 aliphatic rings. The van der Waals surface area contributed by atoms with Gasteiger partial charge in [0.25, 0.3) is 0 Å². The molecule has 0 spiro atoms. The van der Waals surface area contributed by atoms with Crippen molar-refractivity contribution < 1.29 is 0 Å². The molecule has 22 heavy (non-hydrogen) atoms. The highest BCUT2D eigenvalue weighted by molar-refractivity contribution is 14.1. The normalized spacial score (nSPS) is 20.9. The van der Waals surface area contributed by atoms with E-state index in [0.29, 0.717) is 3.42 Å². The van der Waals surface area contributed by atoms with Crippen LogP contribution >= 0.6 is 22.6 Å². The van der Waals surface area contributed by atoms with Crippen LogP contribution in [-0.4, -0.2) is 3.42 Å². The Hall–Kier alpha value is -0.0500. The van der Waals surface area contributed by atoms with Crippen LogP contribution < -0.4 is 0 Å². The molecule has 2 fully saturated rings. The van der Waals surface area contributed by atoms with Crippen molar-refractivity contribution in [3.8, 4) is 0 Å². The van der Waals surface area contributed by atoms with Gasteiger partial charge in [0, 0.05) is 3.42 Å². The summed E-state index contributed by atoms with van der Waals surface area (Å²) in [5.41, 5.74) is 5.41. The van der Waals surface area contributed by atoms with Gasteiger partial charge in [-0.15, -0.1) is 0 Å². The van der Waals surface area contributed by atoms with Crippen LogP contribution in [0, 0.1) is 12.3 Å². The number of aryl methyl sites for hydroxylation is 3. The van der Waals surface area contributed by atoms with Gasteiger partial charge in [-0.2, -0.15) is 0 Å². The number of rotatable bonds is 9. The van der Waals surface area contributed by atoms with Gasteiger partial charge >= 0.3 is 0 Å². The zero-order valence-corrected chi connectivity index (χ0v) is 16.5. The van der Waals surface area contributed by atoms with E-state index in [4.69, 9.17) is 0 Å². The lowest BCUT2D eigenvalue weighted by Gasteiger charge is -2.13. The molecule has 0 atom stereocenters. The summed E-state index contributed by atoms with van der Waals surface area (Å²) in [4.78, 5) is 0. The number of hydrogen-bond acceptors (Lipinski definition) is 0. The van der Waals surface area contributed by atoms with Crippen molar-refractivity contribution in [2.45, 2.75) is 87.9 Å². The highest BCUT2D eigenvalue weighted by atomic mass is 127. The summed E-state index contributed by atoms with van der Waals surface area (Å²) in [5.74, 6) is 0. The van der Waals surface area contributed by atoms with Gasteiger partial charge < -0.3 is 0 Å². The van der Waals surface area contributed by atoms with Gasteiger partial charge in [-0.3, -0.25) is 0 Å². The van der Waals surface area contributed by atoms with Crippen LogP contribution in [0.1, 0.15) is 81.4 Å². The summed E-state index contributed by atoms with van der Waals surface area (Å²) >= 11 is 2.67. The number of benzene rings is 1. The van der Waals surface area contributed by atoms with Gasteiger partial charge in [0.15, 0.2) is 0 Å². The molecule has 0 amide bonds. The van der Waals surface area contributed by atoms with Crippen molar-refractivity contribution in [1.29, 1.82) is 0 Å². The molecule has 122 valence electrons. The Morgan fingerprint density at radius 3 is 2.32 bits per heavy atom. The lowest BCUT2D eigenvalue weighted by molar-refractivity contribution is 0.434. The third-order valence-electron chi connectivity index (χ3n) is 6.15. The standard InChI is InChI=1S/C21H31I/c1-3-20(12-13-20)10-4-6-18-8-9-19(17(2)16-18)7-5-11-21(22)14-15-21/h8-9,16H,3-7,10-15H2,1-2H3. The molecule has 0 aromatic heterocycles. The first-order chi connectivity index (χ1) is 10.5. The Balaban J connectivity index is 1.44. The fourth-order valence-corrected chi connectivity index (χ4v) is 4.45. The molecule has 0 bridgehead atoms. The van der Waals surface area contributed by atoms with Gasteiger partial charge in [-0.05, 0) is 93.2 Å². The second-order valence-electron chi connectivity index (χ2n) is 7.97. The molecule has 2 aliphatic carbocycles. The van der Waals surface area contributed by atoms with Crippen LogP contribution in [0.25, 0.3) is 0 Å². The van der Waals surface area contributed by atoms with Gasteiger partial charge in [0.2, 0.25) is 0 Å².